The van der Waals surface area contributed by atoms with Gasteiger partial charge in [0.25, 0.3) is 5.91 Å². The number of hydrogen-bond acceptors (Lipinski definition) is 5. The fourth-order valence-corrected chi connectivity index (χ4v) is 6.39. The zero-order valence-corrected chi connectivity index (χ0v) is 23.8. The van der Waals surface area contributed by atoms with Gasteiger partial charge in [-0.2, -0.15) is 0 Å². The Kier molecular flexibility index (Phi) is 8.47. The lowest BCUT2D eigenvalue weighted by Crippen LogP contribution is -2.50. The lowest BCUT2D eigenvalue weighted by Gasteiger charge is -2.34. The zero-order chi connectivity index (χ0) is 28.5. The van der Waals surface area contributed by atoms with E-state index in [0.717, 1.165) is 31.7 Å². The van der Waals surface area contributed by atoms with Crippen molar-refractivity contribution in [2.75, 3.05) is 13.7 Å². The first-order chi connectivity index (χ1) is 18.4. The molecule has 0 heterocycles. The van der Waals surface area contributed by atoms with E-state index in [0.29, 0.717) is 32.2 Å². The van der Waals surface area contributed by atoms with Crippen molar-refractivity contribution in [2.24, 2.45) is 28.6 Å². The maximum atomic E-state index is 14.9. The third-order valence-electron chi connectivity index (χ3n) is 9.56. The highest BCUT2D eigenvalue weighted by atomic mass is 19.1. The number of ether oxygens (including phenoxy) is 2. The van der Waals surface area contributed by atoms with Crippen LogP contribution >= 0.6 is 0 Å². The number of nitrogens with one attached hydrogen (secondary N) is 2. The second kappa shape index (κ2) is 11.3. The van der Waals surface area contributed by atoms with Gasteiger partial charge in [-0.1, -0.05) is 20.8 Å². The molecule has 8 nitrogen and oxygen atoms in total. The lowest BCUT2D eigenvalue weighted by atomic mass is 9.75. The fourth-order valence-electron chi connectivity index (χ4n) is 6.39. The summed E-state index contributed by atoms with van der Waals surface area (Å²) in [6, 6.07) is 2.21. The molecule has 4 rings (SSSR count). The van der Waals surface area contributed by atoms with Crippen LogP contribution in [0.4, 0.5) is 4.39 Å². The molecular formula is C30H43FN2O6. The SMILES string of the molecule is CCC(C)(C)CNC(=O)[C@H]1[C@@H]2CC[C@@H](C2)[C@H]1NC(=O)c1cc(OC2CCC(C)(C(=O)O)CC2)c(F)cc1OC. The van der Waals surface area contributed by atoms with Gasteiger partial charge in [-0.3, -0.25) is 14.4 Å². The Labute approximate surface area is 230 Å². The molecule has 3 aliphatic carbocycles. The summed E-state index contributed by atoms with van der Waals surface area (Å²) in [4.78, 5) is 38.4. The molecule has 0 unspecified atom stereocenters. The number of hydrogen-bond donors (Lipinski definition) is 3. The maximum Gasteiger partial charge on any atom is 0.309 e. The van der Waals surface area contributed by atoms with Crippen LogP contribution < -0.4 is 20.1 Å². The van der Waals surface area contributed by atoms with E-state index in [1.807, 2.05) is 0 Å². The Balaban J connectivity index is 1.48. The molecule has 216 valence electrons. The van der Waals surface area contributed by atoms with Crippen molar-refractivity contribution >= 4 is 17.8 Å². The highest BCUT2D eigenvalue weighted by molar-refractivity contribution is 5.98. The topological polar surface area (TPSA) is 114 Å². The molecule has 2 bridgehead atoms. The summed E-state index contributed by atoms with van der Waals surface area (Å²) in [6.07, 6.45) is 5.27. The number of benzene rings is 1. The van der Waals surface area contributed by atoms with Crippen molar-refractivity contribution in [3.63, 3.8) is 0 Å². The monoisotopic (exact) mass is 546 g/mol. The lowest BCUT2D eigenvalue weighted by molar-refractivity contribution is -0.150. The number of rotatable bonds is 10. The number of carboxylic acids is 1. The number of carbonyl (C=O) groups is 3. The molecule has 0 aliphatic heterocycles. The molecule has 0 aromatic heterocycles. The fraction of sp³-hybridized carbons (Fsp3) is 0.700. The van der Waals surface area contributed by atoms with E-state index in [2.05, 4.69) is 31.4 Å². The molecule has 3 aliphatic rings. The molecule has 1 aromatic carbocycles. The van der Waals surface area contributed by atoms with Gasteiger partial charge in [-0.15, -0.1) is 0 Å². The van der Waals surface area contributed by atoms with Crippen molar-refractivity contribution in [1.29, 1.82) is 0 Å². The molecule has 4 atom stereocenters. The summed E-state index contributed by atoms with van der Waals surface area (Å²) in [5.41, 5.74) is -0.665. The first-order valence-electron chi connectivity index (χ1n) is 14.2. The van der Waals surface area contributed by atoms with Crippen LogP contribution in [0.3, 0.4) is 0 Å². The summed E-state index contributed by atoms with van der Waals surface area (Å²) >= 11 is 0. The first kappa shape index (κ1) is 29.2. The first-order valence-corrected chi connectivity index (χ1v) is 14.2. The van der Waals surface area contributed by atoms with Crippen LogP contribution in [-0.4, -0.2) is 48.7 Å². The van der Waals surface area contributed by atoms with E-state index >= 15 is 0 Å². The minimum atomic E-state index is -0.836. The van der Waals surface area contributed by atoms with Gasteiger partial charge < -0.3 is 25.2 Å². The van der Waals surface area contributed by atoms with Gasteiger partial charge in [0, 0.05) is 18.7 Å². The van der Waals surface area contributed by atoms with Gasteiger partial charge in [0.15, 0.2) is 11.6 Å². The molecule has 9 heteroatoms. The number of carbonyl (C=O) groups excluding carboxylic acids is 2. The Morgan fingerprint density at radius 1 is 1.10 bits per heavy atom. The van der Waals surface area contributed by atoms with E-state index in [9.17, 15) is 23.9 Å². The molecule has 0 saturated heterocycles. The molecule has 3 fully saturated rings. The average Bonchev–Trinajstić information content (AvgIpc) is 3.51. The molecule has 3 saturated carbocycles. The van der Waals surface area contributed by atoms with Crippen LogP contribution in [0, 0.1) is 34.4 Å². The van der Waals surface area contributed by atoms with Crippen LogP contribution in [0.25, 0.3) is 0 Å². The predicted molar refractivity (Wildman–Crippen MR) is 144 cm³/mol. The molecule has 0 radical (unpaired) electrons. The second-order valence-corrected chi connectivity index (χ2v) is 12.8. The van der Waals surface area contributed by atoms with Gasteiger partial charge in [0.05, 0.1) is 30.1 Å². The van der Waals surface area contributed by atoms with E-state index < -0.39 is 23.1 Å². The van der Waals surface area contributed by atoms with E-state index in [4.69, 9.17) is 9.47 Å². The quantitative estimate of drug-likeness (QED) is 0.383. The van der Waals surface area contributed by atoms with Crippen LogP contribution in [0.1, 0.15) is 89.4 Å². The number of fused-ring (bicyclic) bond motifs is 2. The van der Waals surface area contributed by atoms with Gasteiger partial charge in [-0.05, 0) is 81.6 Å². The zero-order valence-electron chi connectivity index (χ0n) is 23.8. The van der Waals surface area contributed by atoms with Crippen molar-refractivity contribution in [1.82, 2.24) is 10.6 Å². The number of amides is 2. The Morgan fingerprint density at radius 2 is 1.77 bits per heavy atom. The number of halogens is 1. The average molecular weight is 547 g/mol. The largest absolute Gasteiger partial charge is 0.496 e. The minimum Gasteiger partial charge on any atom is -0.496 e. The number of carboxylic acid groups (broad SMARTS) is 1. The van der Waals surface area contributed by atoms with Gasteiger partial charge in [0.1, 0.15) is 5.75 Å². The molecule has 1 aromatic rings. The molecule has 3 N–H and O–H groups in total. The molecule has 2 amide bonds. The van der Waals surface area contributed by atoms with Crippen molar-refractivity contribution < 1.29 is 33.4 Å². The summed E-state index contributed by atoms with van der Waals surface area (Å²) in [5.74, 6) is -1.74. The highest BCUT2D eigenvalue weighted by Crippen LogP contribution is 2.49. The standard InChI is InChI=1S/C30H43FN2O6/c1-6-29(2,3)16-32-27(35)24-17-7-8-18(13-17)25(24)33-26(34)20-14-23(21(31)15-22(20)38-5)39-19-9-11-30(4,12-10-19)28(36)37/h14-15,17-19,24-25H,6-13,16H2,1-5H3,(H,32,35)(H,33,34)(H,36,37)/t17-,18+,19?,24+,25-,30?/m1/s1. The smallest absolute Gasteiger partial charge is 0.309 e. The molecule has 39 heavy (non-hydrogen) atoms. The van der Waals surface area contributed by atoms with E-state index in [-0.39, 0.29) is 58.3 Å². The summed E-state index contributed by atoms with van der Waals surface area (Å²) in [7, 11) is 1.38. The maximum absolute atomic E-state index is 14.9. The number of methoxy groups -OCH3 is 1. The van der Waals surface area contributed by atoms with Crippen molar-refractivity contribution in [3.8, 4) is 11.5 Å². The third kappa shape index (κ3) is 6.17. The van der Waals surface area contributed by atoms with Gasteiger partial charge in [-0.25, -0.2) is 4.39 Å². The molecular weight excluding hydrogens is 503 g/mol. The van der Waals surface area contributed by atoms with Gasteiger partial charge >= 0.3 is 5.97 Å². The van der Waals surface area contributed by atoms with Crippen LogP contribution in [0.15, 0.2) is 12.1 Å². The Bertz CT molecular complexity index is 1100. The predicted octanol–water partition coefficient (Wildman–Crippen LogP) is 4.94. The number of aliphatic carboxylic acids is 1. The minimum absolute atomic E-state index is 0.00547. The van der Waals surface area contributed by atoms with Crippen LogP contribution in [-0.2, 0) is 9.59 Å². The summed E-state index contributed by atoms with van der Waals surface area (Å²) in [5, 5.41) is 15.7. The van der Waals surface area contributed by atoms with Crippen LogP contribution in [0.2, 0.25) is 0 Å². The van der Waals surface area contributed by atoms with E-state index in [1.165, 1.54) is 13.2 Å². The third-order valence-corrected chi connectivity index (χ3v) is 9.56. The van der Waals surface area contributed by atoms with Crippen molar-refractivity contribution in [3.05, 3.63) is 23.5 Å². The second-order valence-electron chi connectivity index (χ2n) is 12.8. The Hall–Kier alpha value is -2.84. The summed E-state index contributed by atoms with van der Waals surface area (Å²) in [6.45, 7) is 8.63. The van der Waals surface area contributed by atoms with Gasteiger partial charge in [0.2, 0.25) is 5.91 Å². The van der Waals surface area contributed by atoms with E-state index in [1.54, 1.807) is 6.92 Å². The van der Waals surface area contributed by atoms with Crippen LogP contribution in [0.5, 0.6) is 11.5 Å². The molecule has 0 spiro atoms. The highest BCUT2D eigenvalue weighted by Gasteiger charge is 2.51. The summed E-state index contributed by atoms with van der Waals surface area (Å²) < 4.78 is 26.2. The Morgan fingerprint density at radius 3 is 2.38 bits per heavy atom. The van der Waals surface area contributed by atoms with Crippen molar-refractivity contribution in [2.45, 2.75) is 91.2 Å². The normalized spacial score (nSPS) is 30.1.